The molecule has 0 bridgehead atoms. The lowest BCUT2D eigenvalue weighted by Crippen LogP contribution is -2.30. The van der Waals surface area contributed by atoms with Crippen LogP contribution in [-0.4, -0.2) is 9.97 Å². The van der Waals surface area contributed by atoms with E-state index in [0.29, 0.717) is 5.82 Å². The second kappa shape index (κ2) is 6.06. The molecule has 0 aliphatic carbocycles. The van der Waals surface area contributed by atoms with Gasteiger partial charge in [0.2, 0.25) is 5.69 Å². The molecular formula is C19H20N3+. The van der Waals surface area contributed by atoms with Crippen LogP contribution in [0.1, 0.15) is 22.4 Å². The molecule has 3 rings (SSSR count). The normalized spacial score (nSPS) is 13.3. The van der Waals surface area contributed by atoms with Crippen molar-refractivity contribution in [3.8, 4) is 22.4 Å². The van der Waals surface area contributed by atoms with Crippen molar-refractivity contribution < 1.29 is 8.68 Å². The van der Waals surface area contributed by atoms with Gasteiger partial charge < -0.3 is 0 Å². The molecule has 3 nitrogen and oxygen atoms in total. The lowest BCUT2D eigenvalue weighted by molar-refractivity contribution is -0.660. The van der Waals surface area contributed by atoms with Crippen molar-refractivity contribution in [1.82, 2.24) is 9.97 Å². The standard InChI is InChI=1S/C19H20N3/c1-4-19-20-12-16(13-21-19)15-9-10-22(3)18(11-15)17-8-6-5-7-14(17)2/h5-13H,4H2,1-3H3/q+1/i1D3. The average Bonchev–Trinajstić information content (AvgIpc) is 2.55. The molecule has 0 aliphatic rings. The highest BCUT2D eigenvalue weighted by atomic mass is 14.9. The fourth-order valence-electron chi connectivity index (χ4n) is 2.47. The summed E-state index contributed by atoms with van der Waals surface area (Å²) in [4.78, 5) is 8.41. The Bertz CT molecular complexity index is 887. The number of pyridine rings is 1. The molecule has 110 valence electrons. The smallest absolute Gasteiger partial charge is 0.213 e. The number of aromatic nitrogens is 3. The number of hydrogen-bond acceptors (Lipinski definition) is 2. The summed E-state index contributed by atoms with van der Waals surface area (Å²) < 4.78 is 24.0. The van der Waals surface area contributed by atoms with E-state index in [2.05, 4.69) is 39.7 Å². The first kappa shape index (κ1) is 11.1. The van der Waals surface area contributed by atoms with Crippen LogP contribution in [0.25, 0.3) is 22.4 Å². The molecule has 22 heavy (non-hydrogen) atoms. The Labute approximate surface area is 135 Å². The summed E-state index contributed by atoms with van der Waals surface area (Å²) in [6, 6.07) is 12.4. The van der Waals surface area contributed by atoms with E-state index in [4.69, 9.17) is 4.11 Å². The molecule has 0 amide bonds. The molecule has 2 heterocycles. The summed E-state index contributed by atoms with van der Waals surface area (Å²) in [6.07, 6.45) is 5.26. The topological polar surface area (TPSA) is 29.7 Å². The second-order valence-electron chi connectivity index (χ2n) is 5.29. The number of nitrogens with zero attached hydrogens (tertiary/aromatic N) is 3. The van der Waals surface area contributed by atoms with E-state index < -0.39 is 6.85 Å². The first-order valence-electron chi connectivity index (χ1n) is 8.70. The van der Waals surface area contributed by atoms with Gasteiger partial charge in [0.15, 0.2) is 6.20 Å². The fourth-order valence-corrected chi connectivity index (χ4v) is 2.47. The maximum Gasteiger partial charge on any atom is 0.213 e. The summed E-state index contributed by atoms with van der Waals surface area (Å²) in [5.41, 5.74) is 5.34. The zero-order chi connectivity index (χ0) is 18.0. The summed E-state index contributed by atoms with van der Waals surface area (Å²) in [5.74, 6) is 0.337. The van der Waals surface area contributed by atoms with E-state index in [0.717, 1.165) is 16.8 Å². The fraction of sp³-hybridized carbons (Fsp3) is 0.211. The molecular weight excluding hydrogens is 270 g/mol. The third-order valence-electron chi connectivity index (χ3n) is 3.77. The lowest BCUT2D eigenvalue weighted by atomic mass is 10.0. The molecule has 0 saturated heterocycles. The highest BCUT2D eigenvalue weighted by Gasteiger charge is 2.13. The van der Waals surface area contributed by atoms with Crippen molar-refractivity contribution in [3.63, 3.8) is 0 Å². The number of aryl methyl sites for hydroxylation is 3. The Balaban J connectivity index is 1.96. The summed E-state index contributed by atoms with van der Waals surface area (Å²) >= 11 is 0. The van der Waals surface area contributed by atoms with Gasteiger partial charge in [-0.3, -0.25) is 0 Å². The van der Waals surface area contributed by atoms with Crippen molar-refractivity contribution in [3.05, 3.63) is 66.4 Å². The summed E-state index contributed by atoms with van der Waals surface area (Å²) in [6.45, 7) is 0.0365. The Morgan fingerprint density at radius 2 is 1.86 bits per heavy atom. The van der Waals surface area contributed by atoms with E-state index in [1.165, 1.54) is 11.1 Å². The molecule has 3 aromatic rings. The molecule has 0 N–H and O–H groups in total. The van der Waals surface area contributed by atoms with Crippen molar-refractivity contribution in [2.24, 2.45) is 7.05 Å². The minimum absolute atomic E-state index is 0.120. The Hall–Kier alpha value is -2.55. The van der Waals surface area contributed by atoms with Crippen LogP contribution in [0.15, 0.2) is 55.0 Å². The van der Waals surface area contributed by atoms with Crippen LogP contribution in [0.3, 0.4) is 0 Å². The van der Waals surface area contributed by atoms with E-state index in [1.807, 2.05) is 31.4 Å². The minimum atomic E-state index is -2.06. The zero-order valence-corrected chi connectivity index (χ0v) is 12.7. The van der Waals surface area contributed by atoms with Gasteiger partial charge in [-0.1, -0.05) is 25.1 Å². The Morgan fingerprint density at radius 3 is 2.59 bits per heavy atom. The predicted molar refractivity (Wildman–Crippen MR) is 88.2 cm³/mol. The molecule has 1 aromatic carbocycles. The van der Waals surface area contributed by atoms with E-state index in [9.17, 15) is 0 Å². The number of rotatable bonds is 3. The van der Waals surface area contributed by atoms with E-state index in [-0.39, 0.29) is 6.42 Å². The first-order chi connectivity index (χ1) is 11.8. The van der Waals surface area contributed by atoms with Crippen molar-refractivity contribution >= 4 is 0 Å². The SMILES string of the molecule is [2H]C([2H])([2H])Cc1ncc(-c2cc[n+](C)c(-c3ccccc3C)c2)cn1. The first-order valence-corrected chi connectivity index (χ1v) is 7.20. The van der Waals surface area contributed by atoms with Gasteiger partial charge in [0.25, 0.3) is 0 Å². The van der Waals surface area contributed by atoms with Gasteiger partial charge in [0.1, 0.15) is 12.9 Å². The minimum Gasteiger partial charge on any atom is -0.241 e. The van der Waals surface area contributed by atoms with Gasteiger partial charge in [-0.25, -0.2) is 14.5 Å². The van der Waals surface area contributed by atoms with Crippen molar-refractivity contribution in [2.45, 2.75) is 20.2 Å². The third kappa shape index (κ3) is 2.75. The second-order valence-corrected chi connectivity index (χ2v) is 5.29. The maximum atomic E-state index is 7.30. The van der Waals surface area contributed by atoms with Crippen molar-refractivity contribution in [1.29, 1.82) is 0 Å². The Morgan fingerprint density at radius 1 is 1.09 bits per heavy atom. The molecule has 0 spiro atoms. The van der Waals surface area contributed by atoms with Crippen LogP contribution in [0, 0.1) is 6.92 Å². The molecule has 0 saturated carbocycles. The van der Waals surface area contributed by atoms with Gasteiger partial charge in [0.05, 0.1) is 0 Å². The van der Waals surface area contributed by atoms with Crippen LogP contribution in [0.5, 0.6) is 0 Å². The molecule has 0 radical (unpaired) electrons. The number of benzene rings is 1. The summed E-state index contributed by atoms with van der Waals surface area (Å²) in [7, 11) is 2.02. The highest BCUT2D eigenvalue weighted by Crippen LogP contribution is 2.24. The lowest BCUT2D eigenvalue weighted by Gasteiger charge is -2.07. The average molecular weight is 293 g/mol. The zero-order valence-electron chi connectivity index (χ0n) is 15.7. The monoisotopic (exact) mass is 293 g/mol. The van der Waals surface area contributed by atoms with Gasteiger partial charge in [-0.05, 0) is 24.1 Å². The molecule has 3 heteroatoms. The molecule has 0 unspecified atom stereocenters. The van der Waals surface area contributed by atoms with Gasteiger partial charge in [-0.2, -0.15) is 0 Å². The van der Waals surface area contributed by atoms with Crippen LogP contribution in [0.2, 0.25) is 0 Å². The van der Waals surface area contributed by atoms with Gasteiger partial charge >= 0.3 is 0 Å². The number of hydrogen-bond donors (Lipinski definition) is 0. The third-order valence-corrected chi connectivity index (χ3v) is 3.77. The Kier molecular flexibility index (Phi) is 3.05. The van der Waals surface area contributed by atoms with E-state index in [1.54, 1.807) is 12.4 Å². The van der Waals surface area contributed by atoms with Crippen molar-refractivity contribution in [2.75, 3.05) is 0 Å². The highest BCUT2D eigenvalue weighted by molar-refractivity contribution is 5.69. The molecule has 2 aromatic heterocycles. The van der Waals surface area contributed by atoms with Crippen LogP contribution in [-0.2, 0) is 13.5 Å². The summed E-state index contributed by atoms with van der Waals surface area (Å²) in [5, 5.41) is 0. The van der Waals surface area contributed by atoms with Gasteiger partial charge in [0, 0.05) is 46.2 Å². The quantitative estimate of drug-likeness (QED) is 0.692. The van der Waals surface area contributed by atoms with Crippen LogP contribution < -0.4 is 4.57 Å². The maximum absolute atomic E-state index is 7.30. The van der Waals surface area contributed by atoms with E-state index >= 15 is 0 Å². The van der Waals surface area contributed by atoms with Gasteiger partial charge in [-0.15, -0.1) is 0 Å². The molecule has 0 atom stereocenters. The molecule has 0 aliphatic heterocycles. The molecule has 0 fully saturated rings. The van der Waals surface area contributed by atoms with Crippen LogP contribution >= 0.6 is 0 Å². The predicted octanol–water partition coefficient (Wildman–Crippen LogP) is 3.51. The largest absolute Gasteiger partial charge is 0.241 e. The van der Waals surface area contributed by atoms with Crippen LogP contribution in [0.4, 0.5) is 0 Å².